The van der Waals surface area contributed by atoms with Crippen molar-refractivity contribution in [3.8, 4) is 0 Å². The minimum atomic E-state index is -0.141. The first-order valence-corrected chi connectivity index (χ1v) is 7.16. The molecule has 0 heterocycles. The molecule has 0 bridgehead atoms. The van der Waals surface area contributed by atoms with Gasteiger partial charge in [0.25, 0.3) is 0 Å². The van der Waals surface area contributed by atoms with E-state index in [0.717, 1.165) is 31.6 Å². The van der Waals surface area contributed by atoms with Crippen molar-refractivity contribution in [2.75, 3.05) is 26.2 Å². The van der Waals surface area contributed by atoms with Crippen LogP contribution in [0.4, 0.5) is 0 Å². The molecule has 0 fully saturated rings. The molecule has 0 amide bonds. The summed E-state index contributed by atoms with van der Waals surface area (Å²) in [6, 6.07) is 9.85. The smallest absolute Gasteiger partial charge is 0.313 e. The quantitative estimate of drug-likeness (QED) is 0.675. The van der Waals surface area contributed by atoms with Gasteiger partial charge < -0.3 is 9.64 Å². The Bertz CT molecular complexity index is 360. The second-order valence-electron chi connectivity index (χ2n) is 4.57. The van der Waals surface area contributed by atoms with Crippen molar-refractivity contribution in [1.82, 2.24) is 4.90 Å². The van der Waals surface area contributed by atoms with Crippen LogP contribution < -0.4 is 0 Å². The molecule has 1 aromatic rings. The van der Waals surface area contributed by atoms with E-state index in [-0.39, 0.29) is 11.9 Å². The molecule has 3 heteroatoms. The van der Waals surface area contributed by atoms with Crippen LogP contribution in [0.1, 0.15) is 38.7 Å². The largest absolute Gasteiger partial charge is 0.464 e. The third kappa shape index (κ3) is 5.03. The maximum Gasteiger partial charge on any atom is 0.313 e. The summed E-state index contributed by atoms with van der Waals surface area (Å²) >= 11 is 0. The van der Waals surface area contributed by atoms with E-state index in [0.29, 0.717) is 6.61 Å². The molecule has 1 atom stereocenters. The molecule has 0 saturated carbocycles. The number of carbonyl (C=O) groups is 1. The Balaban J connectivity index is 2.47. The van der Waals surface area contributed by atoms with Crippen molar-refractivity contribution in [1.29, 1.82) is 0 Å². The first kappa shape index (κ1) is 15.7. The molecule has 0 spiro atoms. The predicted molar refractivity (Wildman–Crippen MR) is 78.2 cm³/mol. The maximum atomic E-state index is 12.1. The van der Waals surface area contributed by atoms with Gasteiger partial charge in [-0.25, -0.2) is 0 Å². The molecule has 0 N–H and O–H groups in total. The van der Waals surface area contributed by atoms with Crippen LogP contribution in [0.25, 0.3) is 0 Å². The van der Waals surface area contributed by atoms with Gasteiger partial charge in [0, 0.05) is 6.54 Å². The van der Waals surface area contributed by atoms with Crippen molar-refractivity contribution in [3.63, 3.8) is 0 Å². The van der Waals surface area contributed by atoms with Crippen molar-refractivity contribution in [2.45, 2.75) is 33.1 Å². The zero-order valence-electron chi connectivity index (χ0n) is 12.3. The summed E-state index contributed by atoms with van der Waals surface area (Å²) in [4.78, 5) is 14.3. The molecule has 0 radical (unpaired) electrons. The lowest BCUT2D eigenvalue weighted by atomic mass is 9.97. The Labute approximate surface area is 116 Å². The van der Waals surface area contributed by atoms with Crippen LogP contribution in [0, 0.1) is 0 Å². The average molecular weight is 263 g/mol. The van der Waals surface area contributed by atoms with E-state index < -0.39 is 0 Å². The van der Waals surface area contributed by atoms with Gasteiger partial charge in [-0.05, 0) is 25.1 Å². The van der Waals surface area contributed by atoms with Gasteiger partial charge >= 0.3 is 5.97 Å². The van der Waals surface area contributed by atoms with Crippen molar-refractivity contribution in [3.05, 3.63) is 35.9 Å². The van der Waals surface area contributed by atoms with E-state index in [2.05, 4.69) is 18.7 Å². The van der Waals surface area contributed by atoms with E-state index >= 15 is 0 Å². The fourth-order valence-corrected chi connectivity index (χ4v) is 2.14. The van der Waals surface area contributed by atoms with E-state index in [1.54, 1.807) is 0 Å². The number of nitrogens with zero attached hydrogens (tertiary/aromatic N) is 1. The normalized spacial score (nSPS) is 12.4. The van der Waals surface area contributed by atoms with Gasteiger partial charge in [-0.3, -0.25) is 4.79 Å². The number of hydrogen-bond donors (Lipinski definition) is 0. The second-order valence-corrected chi connectivity index (χ2v) is 4.57. The maximum absolute atomic E-state index is 12.1. The van der Waals surface area contributed by atoms with Crippen LogP contribution in [0.3, 0.4) is 0 Å². The Morgan fingerprint density at radius 1 is 1.16 bits per heavy atom. The monoisotopic (exact) mass is 263 g/mol. The fourth-order valence-electron chi connectivity index (χ4n) is 2.14. The van der Waals surface area contributed by atoms with Gasteiger partial charge in [0.2, 0.25) is 0 Å². The first-order chi connectivity index (χ1) is 9.22. The molecular formula is C16H25NO2. The molecule has 0 unspecified atom stereocenters. The molecule has 106 valence electrons. The van der Waals surface area contributed by atoms with Crippen LogP contribution in [-0.2, 0) is 9.53 Å². The molecule has 0 saturated heterocycles. The molecule has 0 aliphatic rings. The zero-order valence-corrected chi connectivity index (χ0v) is 12.3. The lowest BCUT2D eigenvalue weighted by molar-refractivity contribution is -0.146. The number of ether oxygens (including phenoxy) is 1. The van der Waals surface area contributed by atoms with E-state index in [1.165, 1.54) is 0 Å². The third-order valence-electron chi connectivity index (χ3n) is 3.44. The molecular weight excluding hydrogens is 238 g/mol. The van der Waals surface area contributed by atoms with Crippen molar-refractivity contribution >= 4 is 5.97 Å². The summed E-state index contributed by atoms with van der Waals surface area (Å²) in [5.41, 5.74) is 1.04. The Kier molecular flexibility index (Phi) is 7.19. The fraction of sp³-hybridized carbons (Fsp3) is 0.562. The summed E-state index contributed by atoms with van der Waals surface area (Å²) in [6.07, 6.45) is 0.772. The Hall–Kier alpha value is -1.35. The molecule has 0 aliphatic heterocycles. The zero-order chi connectivity index (χ0) is 14.1. The van der Waals surface area contributed by atoms with Crippen LogP contribution in [-0.4, -0.2) is 37.1 Å². The van der Waals surface area contributed by atoms with Crippen LogP contribution in [0.5, 0.6) is 0 Å². The number of likely N-dealkylation sites (N-methyl/N-ethyl adjacent to an activating group) is 1. The Morgan fingerprint density at radius 2 is 1.79 bits per heavy atom. The second kappa shape index (κ2) is 8.70. The number of carbonyl (C=O) groups excluding carboxylic acids is 1. The molecule has 0 aliphatic carbocycles. The minimum absolute atomic E-state index is 0.110. The topological polar surface area (TPSA) is 29.5 Å². The van der Waals surface area contributed by atoms with Gasteiger partial charge in [-0.15, -0.1) is 0 Å². The number of benzene rings is 1. The van der Waals surface area contributed by atoms with Crippen LogP contribution in [0.2, 0.25) is 0 Å². The third-order valence-corrected chi connectivity index (χ3v) is 3.44. The summed E-state index contributed by atoms with van der Waals surface area (Å²) in [6.45, 7) is 9.51. The summed E-state index contributed by atoms with van der Waals surface area (Å²) in [7, 11) is 0. The van der Waals surface area contributed by atoms with Crippen LogP contribution in [0.15, 0.2) is 30.3 Å². The minimum Gasteiger partial charge on any atom is -0.464 e. The predicted octanol–water partition coefficient (Wildman–Crippen LogP) is 3.07. The van der Waals surface area contributed by atoms with Gasteiger partial charge in [0.15, 0.2) is 0 Å². The molecule has 1 aromatic carbocycles. The SMILES string of the molecule is CC[C@@H](C(=O)OCCN(CC)CC)c1ccccc1. The van der Waals surface area contributed by atoms with Gasteiger partial charge in [-0.2, -0.15) is 0 Å². The lowest BCUT2D eigenvalue weighted by Crippen LogP contribution is -2.28. The highest BCUT2D eigenvalue weighted by molar-refractivity contribution is 5.78. The highest BCUT2D eigenvalue weighted by Gasteiger charge is 2.19. The average Bonchev–Trinajstić information content (AvgIpc) is 2.45. The first-order valence-electron chi connectivity index (χ1n) is 7.16. The highest BCUT2D eigenvalue weighted by atomic mass is 16.5. The summed E-state index contributed by atoms with van der Waals surface area (Å²) in [5.74, 6) is -0.251. The van der Waals surface area contributed by atoms with Crippen molar-refractivity contribution < 1.29 is 9.53 Å². The molecule has 3 nitrogen and oxygen atoms in total. The molecule has 0 aromatic heterocycles. The lowest BCUT2D eigenvalue weighted by Gasteiger charge is -2.19. The number of esters is 1. The van der Waals surface area contributed by atoms with Gasteiger partial charge in [0.05, 0.1) is 5.92 Å². The summed E-state index contributed by atoms with van der Waals surface area (Å²) in [5, 5.41) is 0. The van der Waals surface area contributed by atoms with E-state index in [1.807, 2.05) is 37.3 Å². The van der Waals surface area contributed by atoms with E-state index in [9.17, 15) is 4.79 Å². The Morgan fingerprint density at radius 3 is 2.32 bits per heavy atom. The van der Waals surface area contributed by atoms with Gasteiger partial charge in [-0.1, -0.05) is 51.1 Å². The number of rotatable bonds is 8. The molecule has 19 heavy (non-hydrogen) atoms. The standard InChI is InChI=1S/C16H25NO2/c1-4-15(14-10-8-7-9-11-14)16(18)19-13-12-17(5-2)6-3/h7-11,15H,4-6,12-13H2,1-3H3/t15-/m1/s1. The van der Waals surface area contributed by atoms with Gasteiger partial charge in [0.1, 0.15) is 6.61 Å². The highest BCUT2D eigenvalue weighted by Crippen LogP contribution is 2.20. The number of hydrogen-bond acceptors (Lipinski definition) is 3. The van der Waals surface area contributed by atoms with Crippen molar-refractivity contribution in [2.24, 2.45) is 0 Å². The van der Waals surface area contributed by atoms with E-state index in [4.69, 9.17) is 4.74 Å². The summed E-state index contributed by atoms with van der Waals surface area (Å²) < 4.78 is 5.40. The van der Waals surface area contributed by atoms with Crippen LogP contribution >= 0.6 is 0 Å². The molecule has 1 rings (SSSR count).